The highest BCUT2D eigenvalue weighted by atomic mass is 16.6. The van der Waals surface area contributed by atoms with E-state index in [2.05, 4.69) is 15.0 Å². The first-order valence-corrected chi connectivity index (χ1v) is 7.76. The van der Waals surface area contributed by atoms with Crippen LogP contribution in [-0.2, 0) is 9.47 Å². The molecular formula is C14H22N6O4. The van der Waals surface area contributed by atoms with Crippen molar-refractivity contribution in [1.29, 1.82) is 0 Å². The quantitative estimate of drug-likeness (QED) is 0.507. The fourth-order valence-electron chi connectivity index (χ4n) is 3.02. The number of aliphatic hydroxyl groups is 2. The normalized spacial score (nSPS) is 28.5. The van der Waals surface area contributed by atoms with E-state index in [4.69, 9.17) is 20.9 Å². The summed E-state index contributed by atoms with van der Waals surface area (Å²) in [5.74, 6) is 0.255. The van der Waals surface area contributed by atoms with E-state index in [-0.39, 0.29) is 5.82 Å². The van der Waals surface area contributed by atoms with Crippen molar-refractivity contribution in [2.75, 3.05) is 19.4 Å². The molecule has 0 aliphatic carbocycles. The Hall–Kier alpha value is -1.85. The zero-order valence-corrected chi connectivity index (χ0v) is 13.3. The van der Waals surface area contributed by atoms with Crippen molar-refractivity contribution in [3.05, 3.63) is 12.7 Å². The van der Waals surface area contributed by atoms with E-state index in [1.165, 1.54) is 19.8 Å². The smallest absolute Gasteiger partial charge is 0.167 e. The molecule has 0 bridgehead atoms. The van der Waals surface area contributed by atoms with Gasteiger partial charge >= 0.3 is 0 Å². The third kappa shape index (κ3) is 2.82. The van der Waals surface area contributed by atoms with Gasteiger partial charge in [-0.15, -0.1) is 0 Å². The van der Waals surface area contributed by atoms with Crippen LogP contribution in [0.5, 0.6) is 0 Å². The van der Waals surface area contributed by atoms with Crippen LogP contribution in [0.2, 0.25) is 0 Å². The Balaban J connectivity index is 1.90. The Morgan fingerprint density at radius 3 is 2.92 bits per heavy atom. The average Bonchev–Trinajstić information content (AvgIpc) is 3.14. The largest absolute Gasteiger partial charge is 0.390 e. The summed E-state index contributed by atoms with van der Waals surface area (Å²) in [5, 5.41) is 20.8. The number of ether oxygens (including phenoxy) is 2. The standard InChI is InChI=1S/C14H22N6O4/c1-23-11-9(22)10(7(21)3-2-4-15)24-14(11)20-6-19-8-12(16)17-5-18-13(8)20/h5-7,9-11,14,21-22H,2-4,15H2,1H3,(H2,16,17,18)/t7?,9-,10-,11-,14+/m1/s1. The molecule has 1 fully saturated rings. The number of nitrogen functional groups attached to an aromatic ring is 1. The maximum Gasteiger partial charge on any atom is 0.167 e. The van der Waals surface area contributed by atoms with Gasteiger partial charge in [-0.25, -0.2) is 15.0 Å². The summed E-state index contributed by atoms with van der Waals surface area (Å²) >= 11 is 0. The molecule has 10 heteroatoms. The fraction of sp³-hybridized carbons (Fsp3) is 0.643. The Morgan fingerprint density at radius 2 is 2.21 bits per heavy atom. The fourth-order valence-corrected chi connectivity index (χ4v) is 3.02. The van der Waals surface area contributed by atoms with Gasteiger partial charge in [-0.05, 0) is 19.4 Å². The molecule has 1 unspecified atom stereocenters. The monoisotopic (exact) mass is 338 g/mol. The number of fused-ring (bicyclic) bond motifs is 1. The van der Waals surface area contributed by atoms with Crippen LogP contribution in [0.15, 0.2) is 12.7 Å². The lowest BCUT2D eigenvalue weighted by Crippen LogP contribution is -2.39. The summed E-state index contributed by atoms with van der Waals surface area (Å²) in [6.45, 7) is 0.458. The van der Waals surface area contributed by atoms with Gasteiger partial charge in [0.1, 0.15) is 30.2 Å². The number of hydrogen-bond donors (Lipinski definition) is 4. The number of rotatable bonds is 6. The molecule has 24 heavy (non-hydrogen) atoms. The second-order valence-corrected chi connectivity index (χ2v) is 5.76. The van der Waals surface area contributed by atoms with Gasteiger partial charge in [-0.1, -0.05) is 0 Å². The van der Waals surface area contributed by atoms with Gasteiger partial charge in [0.2, 0.25) is 0 Å². The van der Waals surface area contributed by atoms with E-state index < -0.39 is 30.6 Å². The van der Waals surface area contributed by atoms with Crippen LogP contribution in [0, 0.1) is 0 Å². The molecule has 0 saturated carbocycles. The second-order valence-electron chi connectivity index (χ2n) is 5.76. The van der Waals surface area contributed by atoms with E-state index in [0.29, 0.717) is 30.6 Å². The van der Waals surface area contributed by atoms with Crippen molar-refractivity contribution in [1.82, 2.24) is 19.5 Å². The van der Waals surface area contributed by atoms with Crippen LogP contribution < -0.4 is 11.5 Å². The Morgan fingerprint density at radius 1 is 1.42 bits per heavy atom. The van der Waals surface area contributed by atoms with Gasteiger partial charge in [-0.2, -0.15) is 0 Å². The second kappa shape index (κ2) is 6.95. The molecular weight excluding hydrogens is 316 g/mol. The van der Waals surface area contributed by atoms with E-state index in [0.717, 1.165) is 0 Å². The minimum Gasteiger partial charge on any atom is -0.390 e. The molecule has 132 valence electrons. The molecule has 3 heterocycles. The molecule has 2 aromatic heterocycles. The van der Waals surface area contributed by atoms with Crippen molar-refractivity contribution in [3.8, 4) is 0 Å². The summed E-state index contributed by atoms with van der Waals surface area (Å²) in [7, 11) is 1.47. The van der Waals surface area contributed by atoms with Crippen LogP contribution in [0.3, 0.4) is 0 Å². The molecule has 3 rings (SSSR count). The highest BCUT2D eigenvalue weighted by Crippen LogP contribution is 2.35. The number of aromatic nitrogens is 4. The van der Waals surface area contributed by atoms with Crippen LogP contribution in [0.1, 0.15) is 19.1 Å². The molecule has 1 saturated heterocycles. The van der Waals surface area contributed by atoms with Crippen LogP contribution in [-0.4, -0.2) is 67.8 Å². The molecule has 0 aromatic carbocycles. The van der Waals surface area contributed by atoms with Crippen LogP contribution in [0.25, 0.3) is 11.2 Å². The highest BCUT2D eigenvalue weighted by molar-refractivity contribution is 5.81. The number of methoxy groups -OCH3 is 1. The number of nitrogens with zero attached hydrogens (tertiary/aromatic N) is 4. The van der Waals surface area contributed by atoms with E-state index in [1.807, 2.05) is 0 Å². The predicted octanol–water partition coefficient (Wildman–Crippen LogP) is -1.22. The summed E-state index contributed by atoms with van der Waals surface area (Å²) < 4.78 is 12.9. The minimum atomic E-state index is -0.996. The van der Waals surface area contributed by atoms with E-state index in [1.54, 1.807) is 4.57 Å². The molecule has 1 aliphatic heterocycles. The third-order valence-electron chi connectivity index (χ3n) is 4.27. The van der Waals surface area contributed by atoms with Crippen molar-refractivity contribution in [2.45, 2.75) is 43.5 Å². The van der Waals surface area contributed by atoms with Gasteiger partial charge in [-0.3, -0.25) is 4.57 Å². The topological polar surface area (TPSA) is 155 Å². The molecule has 0 amide bonds. The summed E-state index contributed by atoms with van der Waals surface area (Å²) in [6.07, 6.45) is -0.106. The van der Waals surface area contributed by atoms with Gasteiger partial charge in [0.25, 0.3) is 0 Å². The first kappa shape index (κ1) is 17.0. The Labute approximate surface area is 138 Å². The van der Waals surface area contributed by atoms with Gasteiger partial charge in [0, 0.05) is 7.11 Å². The Kier molecular flexibility index (Phi) is 4.92. The molecule has 6 N–H and O–H groups in total. The highest BCUT2D eigenvalue weighted by Gasteiger charge is 2.48. The lowest BCUT2D eigenvalue weighted by molar-refractivity contribution is -0.0868. The number of nitrogens with two attached hydrogens (primary N) is 2. The Bertz CT molecular complexity index is 695. The van der Waals surface area contributed by atoms with Crippen LogP contribution >= 0.6 is 0 Å². The summed E-state index contributed by atoms with van der Waals surface area (Å²) in [4.78, 5) is 12.3. The average molecular weight is 338 g/mol. The maximum absolute atomic E-state index is 10.5. The molecule has 10 nitrogen and oxygen atoms in total. The molecule has 2 aromatic rings. The number of anilines is 1. The first-order valence-electron chi connectivity index (χ1n) is 7.76. The van der Waals surface area contributed by atoms with Crippen molar-refractivity contribution >= 4 is 17.0 Å². The molecule has 0 spiro atoms. The number of aliphatic hydroxyl groups excluding tert-OH is 2. The number of imidazole rings is 1. The zero-order chi connectivity index (χ0) is 17.3. The van der Waals surface area contributed by atoms with E-state index in [9.17, 15) is 10.2 Å². The molecule has 5 atom stereocenters. The minimum absolute atomic E-state index is 0.255. The summed E-state index contributed by atoms with van der Waals surface area (Å²) in [5.41, 5.74) is 12.2. The SMILES string of the molecule is CO[C@@H]1[C@H](O)[C@@H](C(O)CCCN)O[C@@H]1n1cnc2c(N)ncnc21. The van der Waals surface area contributed by atoms with Crippen LogP contribution in [0.4, 0.5) is 5.82 Å². The molecule has 1 aliphatic rings. The van der Waals surface area contributed by atoms with Crippen molar-refractivity contribution < 1.29 is 19.7 Å². The first-order chi connectivity index (χ1) is 11.6. The summed E-state index contributed by atoms with van der Waals surface area (Å²) in [6, 6.07) is 0. The third-order valence-corrected chi connectivity index (χ3v) is 4.27. The van der Waals surface area contributed by atoms with Gasteiger partial charge in [0.15, 0.2) is 17.7 Å². The van der Waals surface area contributed by atoms with Gasteiger partial charge < -0.3 is 31.2 Å². The van der Waals surface area contributed by atoms with E-state index >= 15 is 0 Å². The number of hydrogen-bond acceptors (Lipinski definition) is 9. The van der Waals surface area contributed by atoms with Crippen molar-refractivity contribution in [3.63, 3.8) is 0 Å². The van der Waals surface area contributed by atoms with Crippen molar-refractivity contribution in [2.24, 2.45) is 5.73 Å². The lowest BCUT2D eigenvalue weighted by atomic mass is 10.0. The van der Waals surface area contributed by atoms with Gasteiger partial charge in [0.05, 0.1) is 12.4 Å². The lowest BCUT2D eigenvalue weighted by Gasteiger charge is -2.21. The molecule has 0 radical (unpaired) electrons. The maximum atomic E-state index is 10.5. The predicted molar refractivity (Wildman–Crippen MR) is 84.7 cm³/mol. The zero-order valence-electron chi connectivity index (χ0n) is 13.3.